The van der Waals surface area contributed by atoms with E-state index in [1.807, 2.05) is 24.3 Å². The predicted octanol–water partition coefficient (Wildman–Crippen LogP) is 3.46. The van der Waals surface area contributed by atoms with Gasteiger partial charge in [-0.15, -0.1) is 0 Å². The van der Waals surface area contributed by atoms with Gasteiger partial charge in [0, 0.05) is 24.8 Å². The van der Waals surface area contributed by atoms with E-state index in [1.54, 1.807) is 12.1 Å². The Labute approximate surface area is 159 Å². The third-order valence-electron chi connectivity index (χ3n) is 4.92. The van der Waals surface area contributed by atoms with E-state index in [2.05, 4.69) is 15.5 Å². The Morgan fingerprint density at radius 2 is 1.93 bits per heavy atom. The van der Waals surface area contributed by atoms with Crippen molar-refractivity contribution in [3.63, 3.8) is 0 Å². The Hall–Kier alpha value is -2.44. The van der Waals surface area contributed by atoms with Gasteiger partial charge in [-0.2, -0.15) is 0 Å². The lowest BCUT2D eigenvalue weighted by molar-refractivity contribution is 0.0917. The zero-order valence-electron chi connectivity index (χ0n) is 15.3. The van der Waals surface area contributed by atoms with Crippen LogP contribution in [0, 0.1) is 5.82 Å². The summed E-state index contributed by atoms with van der Waals surface area (Å²) in [7, 11) is 0. The minimum absolute atomic E-state index is 0.166. The average Bonchev–Trinajstić information content (AvgIpc) is 2.68. The Morgan fingerprint density at radius 1 is 1.15 bits per heavy atom. The molecule has 2 aromatic carbocycles. The molecule has 0 radical (unpaired) electrons. The summed E-state index contributed by atoms with van der Waals surface area (Å²) >= 11 is 0. The van der Waals surface area contributed by atoms with E-state index >= 15 is 0 Å². The Bertz CT molecular complexity index is 769. The number of aliphatic hydroxyl groups is 1. The highest BCUT2D eigenvalue weighted by atomic mass is 19.1. The van der Waals surface area contributed by atoms with Crippen LogP contribution >= 0.6 is 0 Å². The number of amides is 2. The molecule has 2 aromatic rings. The summed E-state index contributed by atoms with van der Waals surface area (Å²) in [5, 5.41) is 15.1. The molecule has 27 heavy (non-hydrogen) atoms. The van der Waals surface area contributed by atoms with Crippen LogP contribution < -0.4 is 10.6 Å². The second-order valence-corrected chi connectivity index (χ2v) is 6.84. The molecule has 1 saturated heterocycles. The number of nitrogens with one attached hydrogen (secondary N) is 2. The fraction of sp³-hybridized carbons (Fsp3) is 0.381. The topological polar surface area (TPSA) is 64.6 Å². The van der Waals surface area contributed by atoms with Gasteiger partial charge in [0.1, 0.15) is 5.82 Å². The van der Waals surface area contributed by atoms with Gasteiger partial charge in [-0.25, -0.2) is 9.18 Å². The smallest absolute Gasteiger partial charge is 0.319 e. The number of benzene rings is 2. The molecule has 1 aliphatic rings. The molecule has 0 bridgehead atoms. The van der Waals surface area contributed by atoms with Crippen LogP contribution in [-0.4, -0.2) is 48.3 Å². The Balaban J connectivity index is 1.51. The van der Waals surface area contributed by atoms with E-state index in [1.165, 1.54) is 12.1 Å². The third kappa shape index (κ3) is 5.52. The van der Waals surface area contributed by atoms with E-state index in [0.717, 1.165) is 43.5 Å². The average molecular weight is 371 g/mol. The number of rotatable bonds is 6. The summed E-state index contributed by atoms with van der Waals surface area (Å²) in [6, 6.07) is 13.6. The number of hydrogen-bond acceptors (Lipinski definition) is 3. The van der Waals surface area contributed by atoms with E-state index in [9.17, 15) is 14.3 Å². The predicted molar refractivity (Wildman–Crippen MR) is 105 cm³/mol. The van der Waals surface area contributed by atoms with E-state index < -0.39 is 0 Å². The van der Waals surface area contributed by atoms with Crippen LogP contribution in [0.5, 0.6) is 0 Å². The van der Waals surface area contributed by atoms with Gasteiger partial charge < -0.3 is 15.7 Å². The van der Waals surface area contributed by atoms with Gasteiger partial charge >= 0.3 is 6.03 Å². The molecule has 1 atom stereocenters. The minimum atomic E-state index is -0.289. The molecule has 0 aromatic heterocycles. The zero-order valence-corrected chi connectivity index (χ0v) is 15.3. The quantitative estimate of drug-likeness (QED) is 0.729. The molecule has 3 rings (SSSR count). The maximum atomic E-state index is 13.4. The first-order chi connectivity index (χ1) is 13.2. The van der Waals surface area contributed by atoms with Crippen LogP contribution in [0.3, 0.4) is 0 Å². The zero-order chi connectivity index (χ0) is 19.1. The molecule has 0 unspecified atom stereocenters. The van der Waals surface area contributed by atoms with Crippen molar-refractivity contribution < 1.29 is 14.3 Å². The van der Waals surface area contributed by atoms with Crippen LogP contribution in [0.2, 0.25) is 0 Å². The van der Waals surface area contributed by atoms with Crippen molar-refractivity contribution in [1.82, 2.24) is 10.2 Å². The van der Waals surface area contributed by atoms with Gasteiger partial charge in [0.25, 0.3) is 0 Å². The molecule has 0 saturated carbocycles. The van der Waals surface area contributed by atoms with Gasteiger partial charge in [-0.1, -0.05) is 30.7 Å². The van der Waals surface area contributed by atoms with Crippen LogP contribution in [-0.2, 0) is 0 Å². The number of halogens is 1. The summed E-state index contributed by atoms with van der Waals surface area (Å²) in [4.78, 5) is 14.4. The van der Waals surface area contributed by atoms with Crippen LogP contribution in [0.1, 0.15) is 19.3 Å². The lowest BCUT2D eigenvalue weighted by Gasteiger charge is -2.34. The molecular formula is C21H26FN3O2. The summed E-state index contributed by atoms with van der Waals surface area (Å²) in [5.41, 5.74) is 2.26. The SMILES string of the molecule is O=C(NCCN1CCCC[C@@H]1CO)Nc1cccc(-c2cccc(F)c2)c1. The van der Waals surface area contributed by atoms with Crippen LogP contribution in [0.25, 0.3) is 11.1 Å². The molecule has 144 valence electrons. The number of piperidine rings is 1. The molecular weight excluding hydrogens is 345 g/mol. The van der Waals surface area contributed by atoms with Gasteiger partial charge in [-0.3, -0.25) is 4.90 Å². The van der Waals surface area contributed by atoms with Crippen molar-refractivity contribution >= 4 is 11.7 Å². The summed E-state index contributed by atoms with van der Waals surface area (Å²) in [6.45, 7) is 2.37. The number of urea groups is 1. The van der Waals surface area contributed by atoms with Crippen molar-refractivity contribution in [2.24, 2.45) is 0 Å². The fourth-order valence-electron chi connectivity index (χ4n) is 3.49. The van der Waals surface area contributed by atoms with Crippen LogP contribution in [0.15, 0.2) is 48.5 Å². The molecule has 2 amide bonds. The molecule has 6 heteroatoms. The summed E-state index contributed by atoms with van der Waals surface area (Å²) in [5.74, 6) is -0.289. The van der Waals surface area contributed by atoms with Crippen molar-refractivity contribution in [2.45, 2.75) is 25.3 Å². The van der Waals surface area contributed by atoms with Crippen molar-refractivity contribution in [2.75, 3.05) is 31.6 Å². The minimum Gasteiger partial charge on any atom is -0.395 e. The molecule has 1 aliphatic heterocycles. The van der Waals surface area contributed by atoms with Gasteiger partial charge in [-0.05, 0) is 54.8 Å². The second-order valence-electron chi connectivity index (χ2n) is 6.84. The normalized spacial score (nSPS) is 17.5. The van der Waals surface area contributed by atoms with E-state index in [4.69, 9.17) is 0 Å². The highest BCUT2D eigenvalue weighted by molar-refractivity contribution is 5.90. The van der Waals surface area contributed by atoms with Crippen molar-refractivity contribution in [3.05, 3.63) is 54.3 Å². The highest BCUT2D eigenvalue weighted by Gasteiger charge is 2.20. The molecule has 1 fully saturated rings. The Kier molecular flexibility index (Phi) is 6.79. The number of nitrogens with zero attached hydrogens (tertiary/aromatic N) is 1. The second kappa shape index (κ2) is 9.48. The highest BCUT2D eigenvalue weighted by Crippen LogP contribution is 2.23. The van der Waals surface area contributed by atoms with Crippen LogP contribution in [0.4, 0.5) is 14.9 Å². The van der Waals surface area contributed by atoms with Gasteiger partial charge in [0.15, 0.2) is 0 Å². The molecule has 1 heterocycles. The molecule has 0 aliphatic carbocycles. The first-order valence-corrected chi connectivity index (χ1v) is 9.41. The monoisotopic (exact) mass is 371 g/mol. The van der Waals surface area contributed by atoms with E-state index in [0.29, 0.717) is 12.2 Å². The fourth-order valence-corrected chi connectivity index (χ4v) is 3.49. The number of hydrogen-bond donors (Lipinski definition) is 3. The lowest BCUT2D eigenvalue weighted by Crippen LogP contribution is -2.46. The first-order valence-electron chi connectivity index (χ1n) is 9.41. The molecule has 0 spiro atoms. The summed E-state index contributed by atoms with van der Waals surface area (Å²) < 4.78 is 13.4. The maximum absolute atomic E-state index is 13.4. The summed E-state index contributed by atoms with van der Waals surface area (Å²) in [6.07, 6.45) is 3.29. The lowest BCUT2D eigenvalue weighted by atomic mass is 10.0. The van der Waals surface area contributed by atoms with Gasteiger partial charge in [0.2, 0.25) is 0 Å². The standard InChI is InChI=1S/C21H26FN3O2/c22-18-7-3-5-16(13-18)17-6-4-8-19(14-17)24-21(27)23-10-12-25-11-2-1-9-20(25)15-26/h3-8,13-14,20,26H,1-2,9-12,15H2,(H2,23,24,27)/t20-/m1/s1. The number of carbonyl (C=O) groups excluding carboxylic acids is 1. The molecule has 5 nitrogen and oxygen atoms in total. The van der Waals surface area contributed by atoms with Crippen molar-refractivity contribution in [3.8, 4) is 11.1 Å². The number of aliphatic hydroxyl groups excluding tert-OH is 1. The van der Waals surface area contributed by atoms with Gasteiger partial charge in [0.05, 0.1) is 6.61 Å². The maximum Gasteiger partial charge on any atom is 0.319 e. The first kappa shape index (κ1) is 19.3. The van der Waals surface area contributed by atoms with Crippen molar-refractivity contribution in [1.29, 1.82) is 0 Å². The third-order valence-corrected chi connectivity index (χ3v) is 4.92. The Morgan fingerprint density at radius 3 is 2.70 bits per heavy atom. The number of anilines is 1. The number of carbonyl (C=O) groups is 1. The van der Waals surface area contributed by atoms with E-state index in [-0.39, 0.29) is 24.5 Å². The largest absolute Gasteiger partial charge is 0.395 e. The number of likely N-dealkylation sites (tertiary alicyclic amines) is 1. The molecule has 3 N–H and O–H groups in total.